The molecule has 1 aliphatic rings. The maximum absolute atomic E-state index is 12.6. The summed E-state index contributed by atoms with van der Waals surface area (Å²) >= 11 is 2.33. The number of sulfonamides is 1. The number of thiophene rings is 2. The van der Waals surface area contributed by atoms with E-state index < -0.39 is 40.2 Å². The average molecular weight is 565 g/mol. The van der Waals surface area contributed by atoms with Crippen LogP contribution in [0.25, 0.3) is 0 Å². The quantitative estimate of drug-likeness (QED) is 0.259. The standard InChI is InChI=1S/C24H24N2O8S3/c1-2-33-24(30)21-15-6-3-4-7-18(15)36-22(21)25-19(28)13-34-23(29)16-12-14(9-10-17(16)27)26-37(31,32)20-8-5-11-35-20/h5,8-12,26-27H,2-4,6-7,13H2,1H3,(H,25,28). The molecule has 4 rings (SSSR count). The van der Waals surface area contributed by atoms with E-state index in [9.17, 15) is 27.9 Å². The van der Waals surface area contributed by atoms with Crippen molar-refractivity contribution in [3.8, 4) is 5.75 Å². The number of benzene rings is 1. The van der Waals surface area contributed by atoms with E-state index in [0.717, 1.165) is 59.6 Å². The zero-order valence-corrected chi connectivity index (χ0v) is 22.2. The number of carbonyl (C=O) groups excluding carboxylic acids is 3. The number of anilines is 2. The molecule has 3 aromatic rings. The molecule has 0 saturated carbocycles. The van der Waals surface area contributed by atoms with E-state index >= 15 is 0 Å². The first-order valence-corrected chi connectivity index (χ1v) is 14.6. The van der Waals surface area contributed by atoms with Gasteiger partial charge in [0.05, 0.1) is 12.2 Å². The Morgan fingerprint density at radius 3 is 2.59 bits per heavy atom. The zero-order valence-electron chi connectivity index (χ0n) is 19.7. The van der Waals surface area contributed by atoms with Gasteiger partial charge < -0.3 is 19.9 Å². The molecule has 2 heterocycles. The number of phenolic OH excluding ortho intramolecular Hbond substituents is 1. The molecular weight excluding hydrogens is 540 g/mol. The molecule has 13 heteroatoms. The first-order chi connectivity index (χ1) is 17.7. The van der Waals surface area contributed by atoms with Crippen LogP contribution in [0.1, 0.15) is 50.9 Å². The van der Waals surface area contributed by atoms with Gasteiger partial charge in [0, 0.05) is 10.6 Å². The van der Waals surface area contributed by atoms with Crippen LogP contribution < -0.4 is 10.0 Å². The molecule has 0 bridgehead atoms. The van der Waals surface area contributed by atoms with E-state index in [-0.39, 0.29) is 22.1 Å². The largest absolute Gasteiger partial charge is 0.507 e. The summed E-state index contributed by atoms with van der Waals surface area (Å²) in [4.78, 5) is 38.7. The van der Waals surface area contributed by atoms with Gasteiger partial charge in [0.2, 0.25) is 0 Å². The number of phenols is 1. The SMILES string of the molecule is CCOC(=O)c1c(NC(=O)COC(=O)c2cc(NS(=O)(=O)c3cccs3)ccc2O)sc2c1CCCC2. The van der Waals surface area contributed by atoms with Crippen LogP contribution in [0.15, 0.2) is 39.9 Å². The fourth-order valence-corrected chi connectivity index (χ4v) is 7.17. The van der Waals surface area contributed by atoms with Crippen LogP contribution in [0.5, 0.6) is 5.75 Å². The number of ether oxygens (including phenoxy) is 2. The molecule has 0 radical (unpaired) electrons. The van der Waals surface area contributed by atoms with E-state index in [0.29, 0.717) is 10.6 Å². The second-order valence-electron chi connectivity index (χ2n) is 8.03. The maximum atomic E-state index is 12.6. The predicted octanol–water partition coefficient (Wildman–Crippen LogP) is 4.17. The van der Waals surface area contributed by atoms with Gasteiger partial charge in [-0.05, 0) is 67.8 Å². The normalized spacial score (nSPS) is 12.9. The fraction of sp³-hybridized carbons (Fsp3) is 0.292. The van der Waals surface area contributed by atoms with E-state index in [1.807, 2.05) is 0 Å². The van der Waals surface area contributed by atoms with Crippen molar-refractivity contribution in [1.82, 2.24) is 0 Å². The van der Waals surface area contributed by atoms with Crippen LogP contribution in [0.2, 0.25) is 0 Å². The molecular formula is C24H24N2O8S3. The second kappa shape index (κ2) is 11.3. The van der Waals surface area contributed by atoms with Crippen molar-refractivity contribution in [3.63, 3.8) is 0 Å². The van der Waals surface area contributed by atoms with Gasteiger partial charge in [-0.25, -0.2) is 18.0 Å². The smallest absolute Gasteiger partial charge is 0.342 e. The number of amides is 1. The maximum Gasteiger partial charge on any atom is 0.342 e. The van der Waals surface area contributed by atoms with E-state index in [4.69, 9.17) is 9.47 Å². The van der Waals surface area contributed by atoms with Crippen LogP contribution in [0, 0.1) is 0 Å². The number of aromatic hydroxyl groups is 1. The molecule has 2 aromatic heterocycles. The van der Waals surface area contributed by atoms with Gasteiger partial charge in [-0.1, -0.05) is 6.07 Å². The van der Waals surface area contributed by atoms with Crippen molar-refractivity contribution in [2.75, 3.05) is 23.3 Å². The molecule has 0 aliphatic heterocycles. The van der Waals surface area contributed by atoms with Gasteiger partial charge in [0.15, 0.2) is 6.61 Å². The predicted molar refractivity (Wildman–Crippen MR) is 139 cm³/mol. The van der Waals surface area contributed by atoms with Crippen LogP contribution in [0.3, 0.4) is 0 Å². The lowest BCUT2D eigenvalue weighted by molar-refractivity contribution is -0.119. The van der Waals surface area contributed by atoms with E-state index in [1.54, 1.807) is 18.4 Å². The first-order valence-electron chi connectivity index (χ1n) is 11.4. The molecule has 1 aromatic carbocycles. The van der Waals surface area contributed by atoms with Gasteiger partial charge in [-0.2, -0.15) is 0 Å². The molecule has 0 fully saturated rings. The first kappa shape index (κ1) is 26.6. The summed E-state index contributed by atoms with van der Waals surface area (Å²) in [5, 5.41) is 14.7. The lowest BCUT2D eigenvalue weighted by Gasteiger charge is -2.12. The topological polar surface area (TPSA) is 148 Å². The van der Waals surface area contributed by atoms with Crippen molar-refractivity contribution in [3.05, 3.63) is 57.3 Å². The molecule has 0 atom stereocenters. The molecule has 1 aliphatic carbocycles. The minimum atomic E-state index is -3.87. The Morgan fingerprint density at radius 2 is 1.86 bits per heavy atom. The summed E-state index contributed by atoms with van der Waals surface area (Å²) in [6, 6.07) is 6.57. The molecule has 3 N–H and O–H groups in total. The molecule has 0 spiro atoms. The second-order valence-corrected chi connectivity index (χ2v) is 12.0. The third-order valence-electron chi connectivity index (χ3n) is 5.47. The highest BCUT2D eigenvalue weighted by atomic mass is 32.2. The summed E-state index contributed by atoms with van der Waals surface area (Å²) in [5.41, 5.74) is 0.933. The minimum absolute atomic E-state index is 0.0332. The van der Waals surface area contributed by atoms with Crippen molar-refractivity contribution in [1.29, 1.82) is 0 Å². The van der Waals surface area contributed by atoms with Crippen LogP contribution in [-0.2, 0) is 37.1 Å². The van der Waals surface area contributed by atoms with Gasteiger partial charge in [0.25, 0.3) is 15.9 Å². The molecule has 196 valence electrons. The van der Waals surface area contributed by atoms with E-state index in [1.165, 1.54) is 23.5 Å². The highest BCUT2D eigenvalue weighted by molar-refractivity contribution is 7.94. The fourth-order valence-electron chi connectivity index (χ4n) is 3.83. The molecule has 1 amide bonds. The average Bonchev–Trinajstić information content (AvgIpc) is 3.52. The number of hydrogen-bond acceptors (Lipinski definition) is 10. The van der Waals surface area contributed by atoms with Crippen molar-refractivity contribution >= 4 is 61.2 Å². The number of esters is 2. The number of rotatable bonds is 9. The molecule has 0 saturated heterocycles. The number of aryl methyl sites for hydroxylation is 1. The minimum Gasteiger partial charge on any atom is -0.507 e. The Hall–Kier alpha value is -3.42. The summed E-state index contributed by atoms with van der Waals surface area (Å²) < 4.78 is 37.5. The van der Waals surface area contributed by atoms with Crippen molar-refractivity contribution in [2.45, 2.75) is 36.8 Å². The number of hydrogen-bond donors (Lipinski definition) is 3. The summed E-state index contributed by atoms with van der Waals surface area (Å²) in [6.07, 6.45) is 3.46. The van der Waals surface area contributed by atoms with Gasteiger partial charge in [-0.15, -0.1) is 22.7 Å². The highest BCUT2D eigenvalue weighted by Gasteiger charge is 2.27. The molecule has 10 nitrogen and oxygen atoms in total. The number of fused-ring (bicyclic) bond motifs is 1. The van der Waals surface area contributed by atoms with Crippen LogP contribution in [-0.4, -0.2) is 44.6 Å². The zero-order chi connectivity index (χ0) is 26.6. The third-order valence-corrected chi connectivity index (χ3v) is 9.45. The highest BCUT2D eigenvalue weighted by Crippen LogP contribution is 2.38. The Bertz CT molecular complexity index is 1430. The van der Waals surface area contributed by atoms with E-state index in [2.05, 4.69) is 10.0 Å². The number of carbonyl (C=O) groups is 3. The summed E-state index contributed by atoms with van der Waals surface area (Å²) in [6.45, 7) is 1.21. The monoisotopic (exact) mass is 564 g/mol. The van der Waals surface area contributed by atoms with Crippen molar-refractivity contribution < 1.29 is 37.4 Å². The Morgan fingerprint density at radius 1 is 1.08 bits per heavy atom. The Labute approximate surface area is 221 Å². The lowest BCUT2D eigenvalue weighted by Crippen LogP contribution is -2.22. The summed E-state index contributed by atoms with van der Waals surface area (Å²) in [5.74, 6) is -2.66. The Balaban J connectivity index is 1.43. The van der Waals surface area contributed by atoms with Crippen LogP contribution >= 0.6 is 22.7 Å². The van der Waals surface area contributed by atoms with Crippen LogP contribution in [0.4, 0.5) is 10.7 Å². The lowest BCUT2D eigenvalue weighted by atomic mass is 9.95. The Kier molecular flexibility index (Phi) is 8.15. The third kappa shape index (κ3) is 6.12. The molecule has 37 heavy (non-hydrogen) atoms. The number of nitrogens with one attached hydrogen (secondary N) is 2. The summed E-state index contributed by atoms with van der Waals surface area (Å²) in [7, 11) is -3.87. The van der Waals surface area contributed by atoms with Gasteiger partial charge in [0.1, 0.15) is 20.5 Å². The van der Waals surface area contributed by atoms with Gasteiger partial charge in [-0.3, -0.25) is 9.52 Å². The van der Waals surface area contributed by atoms with Gasteiger partial charge >= 0.3 is 11.9 Å². The molecule has 0 unspecified atom stereocenters. The van der Waals surface area contributed by atoms with Crippen molar-refractivity contribution in [2.24, 2.45) is 0 Å².